The number of aromatic nitrogens is 2. The van der Waals surface area contributed by atoms with Crippen molar-refractivity contribution in [1.82, 2.24) is 20.0 Å². The minimum Gasteiger partial charge on any atom is -0.497 e. The van der Waals surface area contributed by atoms with Crippen LogP contribution in [0.25, 0.3) is 17.3 Å². The molecule has 1 aliphatic heterocycles. The number of carbonyl (C=O) groups is 2. The Morgan fingerprint density at radius 1 is 1.00 bits per heavy atom. The summed E-state index contributed by atoms with van der Waals surface area (Å²) in [5.41, 5.74) is 4.55. The summed E-state index contributed by atoms with van der Waals surface area (Å²) in [6.07, 6.45) is 1.43. The van der Waals surface area contributed by atoms with E-state index in [0.717, 1.165) is 22.4 Å². The molecule has 41 heavy (non-hydrogen) atoms. The van der Waals surface area contributed by atoms with Crippen molar-refractivity contribution in [2.24, 2.45) is 0 Å². The quantitative estimate of drug-likeness (QED) is 0.267. The van der Waals surface area contributed by atoms with Gasteiger partial charge in [0, 0.05) is 10.6 Å². The Labute approximate surface area is 248 Å². The molecule has 4 aromatic rings. The molecule has 8 nitrogen and oxygen atoms in total. The van der Waals surface area contributed by atoms with Crippen LogP contribution in [-0.4, -0.2) is 47.4 Å². The second-order valence-corrected chi connectivity index (χ2v) is 10.4. The average Bonchev–Trinajstić information content (AvgIpc) is 3.37. The summed E-state index contributed by atoms with van der Waals surface area (Å²) >= 11 is 12.8. The zero-order valence-electron chi connectivity index (χ0n) is 22.7. The molecule has 0 unspecified atom stereocenters. The van der Waals surface area contributed by atoms with E-state index in [1.807, 2.05) is 67.6 Å². The lowest BCUT2D eigenvalue weighted by Gasteiger charge is -2.29. The van der Waals surface area contributed by atoms with Crippen LogP contribution < -0.4 is 10.1 Å². The fourth-order valence-electron chi connectivity index (χ4n) is 4.83. The molecule has 0 fully saturated rings. The number of ether oxygens (including phenoxy) is 2. The predicted octanol–water partition coefficient (Wildman–Crippen LogP) is 6.80. The number of hydrogen-bond acceptors (Lipinski definition) is 5. The Balaban J connectivity index is 1.67. The van der Waals surface area contributed by atoms with Crippen LogP contribution in [0.15, 0.2) is 72.8 Å². The Hall–Kier alpha value is -4.27. The molecule has 1 N–H and O–H groups in total. The van der Waals surface area contributed by atoms with E-state index in [2.05, 4.69) is 5.32 Å². The number of hydrogen-bond donors (Lipinski definition) is 1. The Morgan fingerprint density at radius 3 is 2.39 bits per heavy atom. The first-order valence-electron chi connectivity index (χ1n) is 12.9. The molecular formula is C31H28Cl2N4O4. The van der Waals surface area contributed by atoms with Crippen molar-refractivity contribution in [3.05, 3.63) is 111 Å². The number of benzene rings is 3. The van der Waals surface area contributed by atoms with E-state index >= 15 is 0 Å². The molecule has 0 spiro atoms. The third kappa shape index (κ3) is 5.94. The van der Waals surface area contributed by atoms with Gasteiger partial charge < -0.3 is 14.8 Å². The van der Waals surface area contributed by atoms with Crippen LogP contribution in [-0.2, 0) is 11.3 Å². The third-order valence-corrected chi connectivity index (χ3v) is 7.43. The normalized spacial score (nSPS) is 14.4. The molecule has 10 heteroatoms. The highest BCUT2D eigenvalue weighted by molar-refractivity contribution is 6.35. The summed E-state index contributed by atoms with van der Waals surface area (Å²) in [6.45, 7) is 2.25. The molecule has 0 aliphatic carbocycles. The summed E-state index contributed by atoms with van der Waals surface area (Å²) in [5, 5.41) is 8.66. The second kappa shape index (κ2) is 12.1. The number of fused-ring (bicyclic) bond motifs is 1. The van der Waals surface area contributed by atoms with Crippen molar-refractivity contribution < 1.29 is 19.1 Å². The van der Waals surface area contributed by atoms with Gasteiger partial charge in [-0.15, -0.1) is 0 Å². The van der Waals surface area contributed by atoms with Crippen molar-refractivity contribution >= 4 is 46.9 Å². The third-order valence-electron chi connectivity index (χ3n) is 6.89. The number of methoxy groups -OCH3 is 2. The second-order valence-electron chi connectivity index (χ2n) is 9.56. The summed E-state index contributed by atoms with van der Waals surface area (Å²) in [6, 6.07) is 22.0. The van der Waals surface area contributed by atoms with Crippen LogP contribution in [0.2, 0.25) is 10.0 Å². The van der Waals surface area contributed by atoms with Gasteiger partial charge in [0.2, 0.25) is 0 Å². The predicted molar refractivity (Wildman–Crippen MR) is 160 cm³/mol. The van der Waals surface area contributed by atoms with Crippen molar-refractivity contribution in [3.63, 3.8) is 0 Å². The maximum Gasteiger partial charge on any atom is 0.410 e. The van der Waals surface area contributed by atoms with Gasteiger partial charge in [-0.1, -0.05) is 65.7 Å². The number of halogens is 2. The first kappa shape index (κ1) is 28.3. The lowest BCUT2D eigenvalue weighted by Crippen LogP contribution is -2.36. The van der Waals surface area contributed by atoms with Gasteiger partial charge >= 0.3 is 6.09 Å². The van der Waals surface area contributed by atoms with E-state index in [9.17, 15) is 9.59 Å². The topological polar surface area (TPSA) is 85.7 Å². The van der Waals surface area contributed by atoms with E-state index in [-0.39, 0.29) is 30.7 Å². The number of nitrogens with zero attached hydrogens (tertiary/aromatic N) is 3. The Kier molecular flexibility index (Phi) is 8.33. The highest BCUT2D eigenvalue weighted by Crippen LogP contribution is 2.36. The summed E-state index contributed by atoms with van der Waals surface area (Å²) in [7, 11) is 2.94. The van der Waals surface area contributed by atoms with Gasteiger partial charge in [-0.25, -0.2) is 9.48 Å². The van der Waals surface area contributed by atoms with E-state index in [1.54, 1.807) is 30.0 Å². The molecule has 210 valence electrons. The highest BCUT2D eigenvalue weighted by Gasteiger charge is 2.34. The van der Waals surface area contributed by atoms with Crippen molar-refractivity contribution in [2.45, 2.75) is 19.5 Å². The smallest absolute Gasteiger partial charge is 0.410 e. The largest absolute Gasteiger partial charge is 0.497 e. The van der Waals surface area contributed by atoms with Crippen LogP contribution >= 0.6 is 23.2 Å². The van der Waals surface area contributed by atoms with Gasteiger partial charge in [0.15, 0.2) is 5.69 Å². The number of amides is 2. The number of rotatable bonds is 6. The summed E-state index contributed by atoms with van der Waals surface area (Å²) < 4.78 is 12.0. The fraction of sp³-hybridized carbons (Fsp3) is 0.194. The molecule has 0 radical (unpaired) electrons. The minimum atomic E-state index is -0.516. The Bertz CT molecular complexity index is 1620. The maximum absolute atomic E-state index is 13.8. The van der Waals surface area contributed by atoms with Crippen LogP contribution in [0.3, 0.4) is 0 Å². The molecule has 5 rings (SSSR count). The van der Waals surface area contributed by atoms with Crippen molar-refractivity contribution in [1.29, 1.82) is 0 Å². The first-order chi connectivity index (χ1) is 19.8. The molecule has 2 amide bonds. The van der Waals surface area contributed by atoms with Crippen molar-refractivity contribution in [2.75, 3.05) is 20.8 Å². The average molecular weight is 591 g/mol. The van der Waals surface area contributed by atoms with Gasteiger partial charge in [-0.05, 0) is 60.0 Å². The van der Waals surface area contributed by atoms with Crippen LogP contribution in [0.4, 0.5) is 4.79 Å². The standard InChI is InChI=1S/C31H28Cl2N4O4/c1-19(21-7-5-4-6-8-21)34-30(38)28-25-18-36(31(39)41-3)17-22(15-20-9-12-24(40-2)13-10-20)29(25)37(35-28)27-14-11-23(32)16-26(27)33/h4-16,19H,17-18H2,1-3H3,(H,34,38)/t19-/m1/s1. The van der Waals surface area contributed by atoms with Gasteiger partial charge in [-0.2, -0.15) is 5.10 Å². The molecule has 1 aromatic heterocycles. The van der Waals surface area contributed by atoms with E-state index in [1.165, 1.54) is 12.0 Å². The fourth-order valence-corrected chi connectivity index (χ4v) is 5.32. The highest BCUT2D eigenvalue weighted by atomic mass is 35.5. The van der Waals surface area contributed by atoms with Crippen LogP contribution in [0.5, 0.6) is 5.75 Å². The summed E-state index contributed by atoms with van der Waals surface area (Å²) in [4.78, 5) is 28.1. The Morgan fingerprint density at radius 2 is 1.73 bits per heavy atom. The van der Waals surface area contributed by atoms with Gasteiger partial charge in [0.05, 0.1) is 49.8 Å². The van der Waals surface area contributed by atoms with Crippen LogP contribution in [0.1, 0.15) is 45.8 Å². The molecular weight excluding hydrogens is 563 g/mol. The summed E-state index contributed by atoms with van der Waals surface area (Å²) in [5.74, 6) is 0.342. The number of carbonyl (C=O) groups excluding carboxylic acids is 2. The number of nitrogens with one attached hydrogen (secondary N) is 1. The lowest BCUT2D eigenvalue weighted by atomic mass is 9.97. The molecule has 3 aromatic carbocycles. The van der Waals surface area contributed by atoms with E-state index in [4.69, 9.17) is 37.8 Å². The van der Waals surface area contributed by atoms with E-state index in [0.29, 0.717) is 27.0 Å². The molecule has 0 saturated carbocycles. The monoisotopic (exact) mass is 590 g/mol. The van der Waals surface area contributed by atoms with Gasteiger partial charge in [0.25, 0.3) is 5.91 Å². The van der Waals surface area contributed by atoms with E-state index < -0.39 is 6.09 Å². The molecule has 2 heterocycles. The molecule has 1 atom stereocenters. The minimum absolute atomic E-state index is 0.121. The zero-order chi connectivity index (χ0) is 29.1. The lowest BCUT2D eigenvalue weighted by molar-refractivity contribution is 0.0930. The zero-order valence-corrected chi connectivity index (χ0v) is 24.2. The first-order valence-corrected chi connectivity index (χ1v) is 13.7. The molecule has 0 bridgehead atoms. The van der Waals surface area contributed by atoms with Crippen molar-refractivity contribution in [3.8, 4) is 11.4 Å². The van der Waals surface area contributed by atoms with Gasteiger partial charge in [0.1, 0.15) is 5.75 Å². The molecule has 0 saturated heterocycles. The van der Waals surface area contributed by atoms with Gasteiger partial charge in [-0.3, -0.25) is 9.69 Å². The maximum atomic E-state index is 13.8. The molecule has 1 aliphatic rings. The van der Waals surface area contributed by atoms with Crippen LogP contribution in [0, 0.1) is 0 Å². The SMILES string of the molecule is COC(=O)N1CC(=Cc2ccc(OC)cc2)c2c(c(C(=O)N[C@H](C)c3ccccc3)nn2-c2ccc(Cl)cc2Cl)C1.